The lowest BCUT2D eigenvalue weighted by atomic mass is 9.92. The molecule has 0 saturated heterocycles. The second-order valence-corrected chi connectivity index (χ2v) is 4.30. The first-order chi connectivity index (χ1) is 8.13. The molecule has 0 aliphatic heterocycles. The van der Waals surface area contributed by atoms with Crippen LogP contribution < -0.4 is 5.73 Å². The number of amidine groups is 1. The summed E-state index contributed by atoms with van der Waals surface area (Å²) in [5, 5.41) is 14.2. The summed E-state index contributed by atoms with van der Waals surface area (Å²) >= 11 is 0. The fourth-order valence-corrected chi connectivity index (χ4v) is 2.08. The highest BCUT2D eigenvalue weighted by atomic mass is 16.4. The van der Waals surface area contributed by atoms with Crippen LogP contribution >= 0.6 is 0 Å². The smallest absolute Gasteiger partial charge is 0.146 e. The molecule has 2 aromatic rings. The molecule has 0 aliphatic rings. The number of nitrogens with two attached hydrogens (primary N) is 1. The lowest BCUT2D eigenvalue weighted by Gasteiger charge is -2.14. The summed E-state index contributed by atoms with van der Waals surface area (Å²) < 4.78 is 0. The van der Waals surface area contributed by atoms with E-state index in [1.807, 2.05) is 26.0 Å². The number of oxime groups is 1. The zero-order valence-corrected chi connectivity index (χ0v) is 10.0. The summed E-state index contributed by atoms with van der Waals surface area (Å²) in [6.45, 7) is 3.98. The summed E-state index contributed by atoms with van der Waals surface area (Å²) in [4.78, 5) is 0. The Bertz CT molecular complexity index is 575. The van der Waals surface area contributed by atoms with Crippen molar-refractivity contribution >= 4 is 16.6 Å². The first kappa shape index (κ1) is 11.5. The van der Waals surface area contributed by atoms with Gasteiger partial charge in [0.15, 0.2) is 0 Å². The van der Waals surface area contributed by atoms with Gasteiger partial charge in [-0.05, 0) is 28.8 Å². The van der Waals surface area contributed by atoms with E-state index in [1.54, 1.807) is 0 Å². The lowest BCUT2D eigenvalue weighted by molar-refractivity contribution is 0.316. The van der Waals surface area contributed by atoms with Crippen molar-refractivity contribution in [2.75, 3.05) is 0 Å². The van der Waals surface area contributed by atoms with Gasteiger partial charge in [-0.1, -0.05) is 48.5 Å². The Labute approximate surface area is 101 Å². The monoisotopic (exact) mass is 228 g/mol. The molecule has 2 aromatic carbocycles. The molecule has 0 bridgehead atoms. The minimum Gasteiger partial charge on any atom is -0.409 e. The SMILES string of the molecule is Cc1cc2ccccc2cc1C(C)/C(N)=N/O. The summed E-state index contributed by atoms with van der Waals surface area (Å²) in [5.74, 6) is 0.160. The Hall–Kier alpha value is -2.03. The van der Waals surface area contributed by atoms with Crippen LogP contribution in [0.4, 0.5) is 0 Å². The van der Waals surface area contributed by atoms with Gasteiger partial charge in [-0.15, -0.1) is 0 Å². The van der Waals surface area contributed by atoms with Gasteiger partial charge >= 0.3 is 0 Å². The van der Waals surface area contributed by atoms with Gasteiger partial charge in [0, 0.05) is 5.92 Å². The van der Waals surface area contributed by atoms with Gasteiger partial charge in [0.2, 0.25) is 0 Å². The van der Waals surface area contributed by atoms with Crippen molar-refractivity contribution in [1.29, 1.82) is 0 Å². The van der Waals surface area contributed by atoms with Gasteiger partial charge in [0.05, 0.1) is 0 Å². The van der Waals surface area contributed by atoms with Crippen molar-refractivity contribution in [2.45, 2.75) is 19.8 Å². The third kappa shape index (κ3) is 2.09. The molecule has 1 unspecified atom stereocenters. The van der Waals surface area contributed by atoms with Crippen LogP contribution in [-0.4, -0.2) is 11.0 Å². The normalized spacial score (nSPS) is 13.9. The summed E-state index contributed by atoms with van der Waals surface area (Å²) in [6, 6.07) is 12.4. The maximum absolute atomic E-state index is 8.73. The molecule has 0 aromatic heterocycles. The van der Waals surface area contributed by atoms with E-state index in [0.29, 0.717) is 0 Å². The number of hydrogen-bond acceptors (Lipinski definition) is 2. The van der Waals surface area contributed by atoms with Gasteiger partial charge in [0.1, 0.15) is 5.84 Å². The van der Waals surface area contributed by atoms with Crippen LogP contribution in [0.25, 0.3) is 10.8 Å². The predicted molar refractivity (Wildman–Crippen MR) is 70.5 cm³/mol. The van der Waals surface area contributed by atoms with Crippen LogP contribution in [0.5, 0.6) is 0 Å². The van der Waals surface area contributed by atoms with Crippen LogP contribution in [0.1, 0.15) is 24.0 Å². The fraction of sp³-hybridized carbons (Fsp3) is 0.214. The number of benzene rings is 2. The van der Waals surface area contributed by atoms with Gasteiger partial charge in [-0.3, -0.25) is 0 Å². The molecule has 1 atom stereocenters. The van der Waals surface area contributed by atoms with Gasteiger partial charge < -0.3 is 10.9 Å². The number of nitrogens with zero attached hydrogens (tertiary/aromatic N) is 1. The highest BCUT2D eigenvalue weighted by Gasteiger charge is 2.13. The van der Waals surface area contributed by atoms with Crippen molar-refractivity contribution in [3.63, 3.8) is 0 Å². The molecule has 0 heterocycles. The van der Waals surface area contributed by atoms with Gasteiger partial charge in [-0.2, -0.15) is 0 Å². The summed E-state index contributed by atoms with van der Waals surface area (Å²) in [5.41, 5.74) is 7.91. The third-order valence-electron chi connectivity index (χ3n) is 3.16. The van der Waals surface area contributed by atoms with Crippen LogP contribution in [0.15, 0.2) is 41.6 Å². The largest absolute Gasteiger partial charge is 0.409 e. The van der Waals surface area contributed by atoms with Crippen LogP contribution in [0.3, 0.4) is 0 Å². The molecule has 17 heavy (non-hydrogen) atoms. The van der Waals surface area contributed by atoms with Crippen LogP contribution in [-0.2, 0) is 0 Å². The van der Waals surface area contributed by atoms with E-state index in [-0.39, 0.29) is 11.8 Å². The minimum absolute atomic E-state index is 0.0791. The van der Waals surface area contributed by atoms with E-state index < -0.39 is 0 Å². The molecule has 88 valence electrons. The zero-order chi connectivity index (χ0) is 12.4. The van der Waals surface area contributed by atoms with E-state index >= 15 is 0 Å². The standard InChI is InChI=1S/C14H16N2O/c1-9-7-11-5-3-4-6-12(11)8-13(9)10(2)14(15)16-17/h3-8,10,17H,1-2H3,(H2,15,16). The lowest BCUT2D eigenvalue weighted by Crippen LogP contribution is -2.20. The minimum atomic E-state index is -0.0791. The topological polar surface area (TPSA) is 58.6 Å². The Morgan fingerprint density at radius 3 is 2.41 bits per heavy atom. The van der Waals surface area contributed by atoms with Crippen LogP contribution in [0.2, 0.25) is 0 Å². The van der Waals surface area contributed by atoms with Crippen molar-refractivity contribution in [3.8, 4) is 0 Å². The van der Waals surface area contributed by atoms with Crippen molar-refractivity contribution < 1.29 is 5.21 Å². The summed E-state index contributed by atoms with van der Waals surface area (Å²) in [7, 11) is 0. The second-order valence-electron chi connectivity index (χ2n) is 4.30. The Morgan fingerprint density at radius 2 is 1.82 bits per heavy atom. The molecule has 3 nitrogen and oxygen atoms in total. The van der Waals surface area contributed by atoms with Crippen molar-refractivity contribution in [1.82, 2.24) is 0 Å². The highest BCUT2D eigenvalue weighted by Crippen LogP contribution is 2.25. The van der Waals surface area contributed by atoms with Crippen molar-refractivity contribution in [3.05, 3.63) is 47.5 Å². The average molecular weight is 228 g/mol. The molecule has 3 heteroatoms. The van der Waals surface area contributed by atoms with Gasteiger partial charge in [0.25, 0.3) is 0 Å². The fourth-order valence-electron chi connectivity index (χ4n) is 2.08. The highest BCUT2D eigenvalue weighted by molar-refractivity contribution is 5.90. The molecule has 0 amide bonds. The van der Waals surface area contributed by atoms with E-state index in [2.05, 4.69) is 29.4 Å². The molecule has 0 aliphatic carbocycles. The molecular formula is C14H16N2O. The maximum atomic E-state index is 8.73. The molecule has 0 radical (unpaired) electrons. The van der Waals surface area contributed by atoms with Gasteiger partial charge in [-0.25, -0.2) is 0 Å². The Balaban J connectivity index is 2.58. The van der Waals surface area contributed by atoms with E-state index in [4.69, 9.17) is 10.9 Å². The van der Waals surface area contributed by atoms with Crippen LogP contribution in [0, 0.1) is 6.92 Å². The Kier molecular flexibility index (Phi) is 3.00. The number of fused-ring (bicyclic) bond motifs is 1. The number of rotatable bonds is 2. The quantitative estimate of drug-likeness (QED) is 0.359. The predicted octanol–water partition coefficient (Wildman–Crippen LogP) is 3.00. The molecular weight excluding hydrogens is 212 g/mol. The van der Waals surface area contributed by atoms with E-state index in [0.717, 1.165) is 11.1 Å². The number of hydrogen-bond donors (Lipinski definition) is 2. The molecule has 0 fully saturated rings. The third-order valence-corrected chi connectivity index (χ3v) is 3.16. The maximum Gasteiger partial charge on any atom is 0.146 e. The first-order valence-electron chi connectivity index (χ1n) is 5.60. The summed E-state index contributed by atoms with van der Waals surface area (Å²) in [6.07, 6.45) is 0. The first-order valence-corrected chi connectivity index (χ1v) is 5.60. The van der Waals surface area contributed by atoms with Crippen molar-refractivity contribution in [2.24, 2.45) is 10.9 Å². The van der Waals surface area contributed by atoms with E-state index in [9.17, 15) is 0 Å². The molecule has 0 spiro atoms. The van der Waals surface area contributed by atoms with E-state index in [1.165, 1.54) is 10.8 Å². The second kappa shape index (κ2) is 4.45. The average Bonchev–Trinajstić information content (AvgIpc) is 2.36. The number of aryl methyl sites for hydroxylation is 1. The molecule has 2 rings (SSSR count). The Morgan fingerprint density at radius 1 is 1.24 bits per heavy atom. The zero-order valence-electron chi connectivity index (χ0n) is 10.0. The molecule has 0 saturated carbocycles. The molecule has 3 N–H and O–H groups in total.